The molecular weight excluding hydrogens is 132 g/mol. The quantitative estimate of drug-likeness (QED) is 0.413. The van der Waals surface area contributed by atoms with Gasteiger partial charge in [0.05, 0.1) is 0 Å². The van der Waals surface area contributed by atoms with Crippen LogP contribution in [0.1, 0.15) is 6.92 Å². The first-order valence-electron chi connectivity index (χ1n) is 1.79. The van der Waals surface area contributed by atoms with Crippen molar-refractivity contribution < 1.29 is 18.1 Å². The summed E-state index contributed by atoms with van der Waals surface area (Å²) >= 11 is 0. The molecule has 0 aliphatic heterocycles. The molecule has 0 unspecified atom stereocenters. The summed E-state index contributed by atoms with van der Waals surface area (Å²) < 4.78 is 27.4. The second-order valence-electron chi connectivity index (χ2n) is 1.08. The first kappa shape index (κ1) is 7.45. The lowest BCUT2D eigenvalue weighted by Gasteiger charge is -1.84. The minimum absolute atomic E-state index is 0.773. The van der Waals surface area contributed by atoms with Gasteiger partial charge in [-0.05, 0) is 13.0 Å². The predicted molar refractivity (Wildman–Crippen MR) is 26.0 cm³/mol. The molecule has 4 nitrogen and oxygen atoms in total. The van der Waals surface area contributed by atoms with Gasteiger partial charge in [0.1, 0.15) is 0 Å². The zero-order valence-corrected chi connectivity index (χ0v) is 4.97. The molecule has 47 valence electrons. The summed E-state index contributed by atoms with van der Waals surface area (Å²) in [6, 6.07) is 0. The van der Waals surface area contributed by atoms with E-state index in [0.717, 1.165) is 6.08 Å². The molecule has 5 heteroatoms. The van der Waals surface area contributed by atoms with E-state index >= 15 is 0 Å². The Morgan fingerprint density at radius 2 is 2.00 bits per heavy atom. The average Bonchev–Trinajstić information content (AvgIpc) is 1.62. The normalized spacial score (nSPS) is 14.0. The van der Waals surface area contributed by atoms with Crippen molar-refractivity contribution in [2.24, 2.45) is 0 Å². The summed E-state index contributed by atoms with van der Waals surface area (Å²) in [5.74, 6) is 0. The van der Waals surface area contributed by atoms with E-state index < -0.39 is 15.2 Å². The third kappa shape index (κ3) is 1.94. The molecule has 0 spiro atoms. The Hall–Kier alpha value is -0.550. The van der Waals surface area contributed by atoms with Crippen LogP contribution >= 0.6 is 0 Å². The lowest BCUT2D eigenvalue weighted by Crippen LogP contribution is -1.98. The van der Waals surface area contributed by atoms with Crippen LogP contribution in [0.15, 0.2) is 11.2 Å². The number of hydrogen-bond donors (Lipinski definition) is 1. The van der Waals surface area contributed by atoms with Crippen LogP contribution in [-0.4, -0.2) is 13.0 Å². The van der Waals surface area contributed by atoms with E-state index in [4.69, 9.17) is 4.55 Å². The van der Waals surface area contributed by atoms with Gasteiger partial charge in [-0.2, -0.15) is 8.42 Å². The standard InChI is InChI=1S/C3H5O4S/c1-2-3(4)8(5,6)7/h2H,1H3,(H,5,6,7). The third-order valence-corrected chi connectivity index (χ3v) is 1.23. The second kappa shape index (κ2) is 2.15. The number of hydrogen-bond acceptors (Lipinski definition) is 2. The summed E-state index contributed by atoms with van der Waals surface area (Å²) in [5.41, 5.74) is 0. The Kier molecular flexibility index (Phi) is 2.00. The smallest absolute Gasteiger partial charge is 0.279 e. The fourth-order valence-corrected chi connectivity index (χ4v) is 0.447. The van der Waals surface area contributed by atoms with Gasteiger partial charge in [0.15, 0.2) is 0 Å². The van der Waals surface area contributed by atoms with E-state index in [1.54, 1.807) is 0 Å². The maximum atomic E-state index is 9.94. The van der Waals surface area contributed by atoms with Gasteiger partial charge < -0.3 is 0 Å². The molecular formula is C3H5O4S. The molecule has 0 aliphatic carbocycles. The van der Waals surface area contributed by atoms with Crippen molar-refractivity contribution in [1.82, 2.24) is 0 Å². The van der Waals surface area contributed by atoms with E-state index in [9.17, 15) is 13.5 Å². The lowest BCUT2D eigenvalue weighted by atomic mass is 10.7. The van der Waals surface area contributed by atoms with Crippen molar-refractivity contribution in [1.29, 1.82) is 0 Å². The fourth-order valence-electron chi connectivity index (χ4n) is 0.149. The lowest BCUT2D eigenvalue weighted by molar-refractivity contribution is 0.313. The highest BCUT2D eigenvalue weighted by Crippen LogP contribution is 1.96. The van der Waals surface area contributed by atoms with Crippen LogP contribution in [0.4, 0.5) is 0 Å². The molecule has 0 saturated heterocycles. The van der Waals surface area contributed by atoms with Crippen LogP contribution < -0.4 is 0 Å². The van der Waals surface area contributed by atoms with Crippen molar-refractivity contribution in [3.05, 3.63) is 11.2 Å². The topological polar surface area (TPSA) is 74.3 Å². The largest absolute Gasteiger partial charge is 0.332 e. The van der Waals surface area contributed by atoms with Gasteiger partial charge in [0.2, 0.25) is 0 Å². The second-order valence-corrected chi connectivity index (χ2v) is 2.44. The van der Waals surface area contributed by atoms with E-state index in [-0.39, 0.29) is 0 Å². The number of allylic oxidation sites excluding steroid dienone is 1. The maximum absolute atomic E-state index is 9.94. The molecule has 0 heterocycles. The van der Waals surface area contributed by atoms with Crippen molar-refractivity contribution in [2.75, 3.05) is 0 Å². The Balaban J connectivity index is 4.55. The summed E-state index contributed by atoms with van der Waals surface area (Å²) in [4.78, 5) is 0. The van der Waals surface area contributed by atoms with Crippen molar-refractivity contribution in [3.63, 3.8) is 0 Å². The van der Waals surface area contributed by atoms with Gasteiger partial charge in [-0.15, -0.1) is 0 Å². The maximum Gasteiger partial charge on any atom is 0.332 e. The monoisotopic (exact) mass is 137 g/mol. The van der Waals surface area contributed by atoms with E-state index in [2.05, 4.69) is 0 Å². The Bertz CT molecular complexity index is 187. The van der Waals surface area contributed by atoms with Crippen molar-refractivity contribution in [2.45, 2.75) is 6.92 Å². The van der Waals surface area contributed by atoms with Crippen LogP contribution in [-0.2, 0) is 15.2 Å². The zero-order chi connectivity index (χ0) is 6.78. The van der Waals surface area contributed by atoms with E-state index in [0.29, 0.717) is 0 Å². The van der Waals surface area contributed by atoms with Gasteiger partial charge in [-0.3, -0.25) is 9.66 Å². The molecule has 0 aliphatic rings. The van der Waals surface area contributed by atoms with Gasteiger partial charge in [-0.25, -0.2) is 0 Å². The van der Waals surface area contributed by atoms with Crippen LogP contribution in [0.25, 0.3) is 0 Å². The van der Waals surface area contributed by atoms with E-state index in [1.165, 1.54) is 6.92 Å². The Morgan fingerprint density at radius 1 is 1.62 bits per heavy atom. The van der Waals surface area contributed by atoms with Gasteiger partial charge >= 0.3 is 10.1 Å². The van der Waals surface area contributed by atoms with Crippen LogP contribution in [0.3, 0.4) is 0 Å². The predicted octanol–water partition coefficient (Wildman–Crippen LogP) is 0.166. The Morgan fingerprint density at radius 3 is 2.00 bits per heavy atom. The molecule has 8 heavy (non-hydrogen) atoms. The molecule has 0 atom stereocenters. The van der Waals surface area contributed by atoms with Crippen LogP contribution in [0.2, 0.25) is 0 Å². The molecule has 0 bridgehead atoms. The minimum Gasteiger partial charge on any atom is -0.279 e. The molecule has 0 aromatic rings. The molecule has 0 rings (SSSR count). The SMILES string of the molecule is CC=C([O])S(=O)(=O)O. The molecule has 0 amide bonds. The number of rotatable bonds is 1. The first-order valence-corrected chi connectivity index (χ1v) is 3.23. The van der Waals surface area contributed by atoms with Crippen LogP contribution in [0, 0.1) is 0 Å². The fraction of sp³-hybridized carbons (Fsp3) is 0.333. The van der Waals surface area contributed by atoms with Gasteiger partial charge in [0, 0.05) is 0 Å². The van der Waals surface area contributed by atoms with Crippen molar-refractivity contribution >= 4 is 10.1 Å². The van der Waals surface area contributed by atoms with E-state index in [1.807, 2.05) is 0 Å². The highest BCUT2D eigenvalue weighted by Gasteiger charge is 2.11. The highest BCUT2D eigenvalue weighted by atomic mass is 32.2. The summed E-state index contributed by atoms with van der Waals surface area (Å²) in [5, 5.41) is 8.67. The van der Waals surface area contributed by atoms with Gasteiger partial charge in [0.25, 0.3) is 5.09 Å². The molecule has 0 fully saturated rings. The molecule has 1 radical (unpaired) electrons. The summed E-state index contributed by atoms with van der Waals surface area (Å²) in [6.45, 7) is 1.23. The third-order valence-electron chi connectivity index (χ3n) is 0.490. The zero-order valence-electron chi connectivity index (χ0n) is 4.16. The van der Waals surface area contributed by atoms with Crippen LogP contribution in [0.5, 0.6) is 0 Å². The first-order chi connectivity index (χ1) is 3.48. The summed E-state index contributed by atoms with van der Waals surface area (Å²) in [6.07, 6.45) is 0.773. The highest BCUT2D eigenvalue weighted by molar-refractivity contribution is 7.89. The van der Waals surface area contributed by atoms with Gasteiger partial charge in [-0.1, -0.05) is 0 Å². The molecule has 1 N–H and O–H groups in total. The molecule has 0 saturated carbocycles. The van der Waals surface area contributed by atoms with Crippen molar-refractivity contribution in [3.8, 4) is 0 Å². The average molecular weight is 137 g/mol. The minimum atomic E-state index is -4.45. The Labute approximate surface area is 47.2 Å². The summed E-state index contributed by atoms with van der Waals surface area (Å²) in [7, 11) is -4.45. The molecule has 0 aromatic carbocycles. The molecule has 0 aromatic heterocycles.